The normalized spacial score (nSPS) is 10.7. The molecule has 5 nitrogen and oxygen atoms in total. The molecule has 0 radical (unpaired) electrons. The minimum atomic E-state index is -0.317. The van der Waals surface area contributed by atoms with E-state index >= 15 is 0 Å². The summed E-state index contributed by atoms with van der Waals surface area (Å²) in [6.45, 7) is 5.57. The van der Waals surface area contributed by atoms with Gasteiger partial charge in [-0.05, 0) is 50.6 Å². The molecule has 0 atom stereocenters. The SMILES string of the molecule is Cc1cccc(C(=O)Nc2c(C)nc3cc(C)ccn3c2=O)c1. The topological polar surface area (TPSA) is 63.5 Å². The van der Waals surface area contributed by atoms with Gasteiger partial charge < -0.3 is 5.32 Å². The summed E-state index contributed by atoms with van der Waals surface area (Å²) < 4.78 is 1.44. The lowest BCUT2D eigenvalue weighted by molar-refractivity contribution is 0.102. The Balaban J connectivity index is 2.05. The van der Waals surface area contributed by atoms with E-state index in [9.17, 15) is 9.59 Å². The Morgan fingerprint density at radius 1 is 1.09 bits per heavy atom. The molecule has 0 unspecified atom stereocenters. The van der Waals surface area contributed by atoms with Crippen LogP contribution in [0.15, 0.2) is 47.4 Å². The third-order valence-electron chi connectivity index (χ3n) is 3.69. The second-order valence-corrected chi connectivity index (χ2v) is 5.63. The molecule has 0 spiro atoms. The minimum absolute atomic E-state index is 0.206. The van der Waals surface area contributed by atoms with E-state index in [1.807, 2.05) is 38.1 Å². The summed E-state index contributed by atoms with van der Waals surface area (Å²) in [6.07, 6.45) is 1.67. The van der Waals surface area contributed by atoms with Crippen molar-refractivity contribution in [3.05, 3.63) is 75.3 Å². The molecule has 0 fully saturated rings. The summed E-state index contributed by atoms with van der Waals surface area (Å²) in [7, 11) is 0. The molecule has 0 bridgehead atoms. The van der Waals surface area contributed by atoms with E-state index in [2.05, 4.69) is 10.3 Å². The van der Waals surface area contributed by atoms with Gasteiger partial charge in [0.25, 0.3) is 11.5 Å². The van der Waals surface area contributed by atoms with Gasteiger partial charge >= 0.3 is 0 Å². The molecule has 23 heavy (non-hydrogen) atoms. The Labute approximate surface area is 133 Å². The van der Waals surface area contributed by atoms with E-state index in [0.717, 1.165) is 11.1 Å². The van der Waals surface area contributed by atoms with Crippen LogP contribution in [0.1, 0.15) is 27.2 Å². The number of benzene rings is 1. The zero-order chi connectivity index (χ0) is 16.6. The second kappa shape index (κ2) is 5.68. The van der Waals surface area contributed by atoms with E-state index < -0.39 is 0 Å². The molecule has 1 amide bonds. The van der Waals surface area contributed by atoms with Crippen molar-refractivity contribution in [3.63, 3.8) is 0 Å². The lowest BCUT2D eigenvalue weighted by atomic mass is 10.1. The number of nitrogens with zero attached hydrogens (tertiary/aromatic N) is 2. The summed E-state index contributed by atoms with van der Waals surface area (Å²) in [5, 5.41) is 2.69. The quantitative estimate of drug-likeness (QED) is 0.792. The van der Waals surface area contributed by atoms with Gasteiger partial charge in [0, 0.05) is 11.8 Å². The zero-order valence-corrected chi connectivity index (χ0v) is 13.3. The van der Waals surface area contributed by atoms with Crippen LogP contribution >= 0.6 is 0 Å². The first-order chi connectivity index (χ1) is 11.0. The number of anilines is 1. The molecule has 1 N–H and O–H groups in total. The molecule has 0 aliphatic carbocycles. The molecule has 5 heteroatoms. The van der Waals surface area contributed by atoms with Gasteiger partial charge in [-0.2, -0.15) is 0 Å². The maximum Gasteiger partial charge on any atom is 0.281 e. The number of pyridine rings is 1. The third-order valence-corrected chi connectivity index (χ3v) is 3.69. The third kappa shape index (κ3) is 2.85. The summed E-state index contributed by atoms with van der Waals surface area (Å²) in [5.74, 6) is -0.317. The number of nitrogens with one attached hydrogen (secondary N) is 1. The van der Waals surface area contributed by atoms with Crippen LogP contribution in [0.4, 0.5) is 5.69 Å². The van der Waals surface area contributed by atoms with Crippen LogP contribution in [0.25, 0.3) is 5.65 Å². The molecule has 3 aromatic rings. The summed E-state index contributed by atoms with van der Waals surface area (Å²) in [5.41, 5.74) is 3.51. The minimum Gasteiger partial charge on any atom is -0.316 e. The largest absolute Gasteiger partial charge is 0.316 e. The van der Waals surface area contributed by atoms with Gasteiger partial charge in [0.1, 0.15) is 11.3 Å². The van der Waals surface area contributed by atoms with Gasteiger partial charge in [0.05, 0.1) is 5.69 Å². The number of carbonyl (C=O) groups excluding carboxylic acids is 1. The second-order valence-electron chi connectivity index (χ2n) is 5.63. The van der Waals surface area contributed by atoms with E-state index in [-0.39, 0.29) is 17.2 Å². The molecule has 3 rings (SSSR count). The maximum atomic E-state index is 12.6. The van der Waals surface area contributed by atoms with Crippen LogP contribution in [0.3, 0.4) is 0 Å². The molecular weight excluding hydrogens is 290 g/mol. The van der Waals surface area contributed by atoms with Crippen LogP contribution in [0, 0.1) is 20.8 Å². The lowest BCUT2D eigenvalue weighted by Crippen LogP contribution is -2.25. The molecule has 116 valence electrons. The predicted molar refractivity (Wildman–Crippen MR) is 90.1 cm³/mol. The van der Waals surface area contributed by atoms with Gasteiger partial charge in [0.2, 0.25) is 0 Å². The van der Waals surface area contributed by atoms with Crippen molar-refractivity contribution < 1.29 is 4.79 Å². The Kier molecular flexibility index (Phi) is 3.70. The van der Waals surface area contributed by atoms with Crippen LogP contribution in [-0.4, -0.2) is 15.3 Å². The van der Waals surface area contributed by atoms with Crippen molar-refractivity contribution in [2.24, 2.45) is 0 Å². The first-order valence-electron chi connectivity index (χ1n) is 7.33. The lowest BCUT2D eigenvalue weighted by Gasteiger charge is -2.10. The van der Waals surface area contributed by atoms with Gasteiger partial charge in [-0.15, -0.1) is 0 Å². The number of hydrogen-bond donors (Lipinski definition) is 1. The van der Waals surface area contributed by atoms with Crippen LogP contribution in [0.5, 0.6) is 0 Å². The highest BCUT2D eigenvalue weighted by atomic mass is 16.2. The number of hydrogen-bond acceptors (Lipinski definition) is 3. The molecule has 0 saturated heterocycles. The number of aryl methyl sites for hydroxylation is 3. The van der Waals surface area contributed by atoms with E-state index in [1.54, 1.807) is 25.3 Å². The summed E-state index contributed by atoms with van der Waals surface area (Å²) in [4.78, 5) is 29.4. The van der Waals surface area contributed by atoms with Crippen molar-refractivity contribution in [3.8, 4) is 0 Å². The average Bonchev–Trinajstić information content (AvgIpc) is 2.51. The van der Waals surface area contributed by atoms with E-state index in [1.165, 1.54) is 4.40 Å². The molecule has 0 saturated carbocycles. The Morgan fingerprint density at radius 3 is 2.57 bits per heavy atom. The summed E-state index contributed by atoms with van der Waals surface area (Å²) in [6, 6.07) is 10.9. The molecule has 0 aliphatic rings. The number of amides is 1. The first-order valence-corrected chi connectivity index (χ1v) is 7.33. The molecule has 1 aromatic carbocycles. The van der Waals surface area contributed by atoms with Gasteiger partial charge in [-0.1, -0.05) is 17.7 Å². The Bertz CT molecular complexity index is 974. The van der Waals surface area contributed by atoms with Crippen LogP contribution in [-0.2, 0) is 0 Å². The fourth-order valence-corrected chi connectivity index (χ4v) is 2.47. The van der Waals surface area contributed by atoms with Gasteiger partial charge in [-0.3, -0.25) is 14.0 Å². The van der Waals surface area contributed by atoms with Crippen LogP contribution in [0.2, 0.25) is 0 Å². The van der Waals surface area contributed by atoms with E-state index in [0.29, 0.717) is 16.9 Å². The van der Waals surface area contributed by atoms with Crippen LogP contribution < -0.4 is 10.9 Å². The predicted octanol–water partition coefficient (Wildman–Crippen LogP) is 2.87. The number of rotatable bonds is 2. The number of fused-ring (bicyclic) bond motifs is 1. The number of carbonyl (C=O) groups is 1. The van der Waals surface area contributed by atoms with Crippen molar-refractivity contribution >= 4 is 17.2 Å². The van der Waals surface area contributed by atoms with Crippen molar-refractivity contribution in [2.45, 2.75) is 20.8 Å². The molecular formula is C18H17N3O2. The van der Waals surface area contributed by atoms with Gasteiger partial charge in [0.15, 0.2) is 0 Å². The Morgan fingerprint density at radius 2 is 1.83 bits per heavy atom. The van der Waals surface area contributed by atoms with Crippen molar-refractivity contribution in [2.75, 3.05) is 5.32 Å². The fraction of sp³-hybridized carbons (Fsp3) is 0.167. The van der Waals surface area contributed by atoms with Crippen molar-refractivity contribution in [1.82, 2.24) is 9.38 Å². The van der Waals surface area contributed by atoms with E-state index in [4.69, 9.17) is 0 Å². The Hall–Kier alpha value is -2.95. The zero-order valence-electron chi connectivity index (χ0n) is 13.3. The number of aromatic nitrogens is 2. The smallest absolute Gasteiger partial charge is 0.281 e. The van der Waals surface area contributed by atoms with Crippen molar-refractivity contribution in [1.29, 1.82) is 0 Å². The highest BCUT2D eigenvalue weighted by Gasteiger charge is 2.14. The van der Waals surface area contributed by atoms with Gasteiger partial charge in [-0.25, -0.2) is 4.98 Å². The maximum absolute atomic E-state index is 12.6. The summed E-state index contributed by atoms with van der Waals surface area (Å²) >= 11 is 0. The standard InChI is InChI=1S/C18H17N3O2/c1-11-5-4-6-14(9-11)17(22)20-16-13(3)19-15-10-12(2)7-8-21(15)18(16)23/h4-10H,1-3H3,(H,20,22). The fourth-order valence-electron chi connectivity index (χ4n) is 2.47. The highest BCUT2D eigenvalue weighted by molar-refractivity contribution is 6.04. The average molecular weight is 307 g/mol. The first kappa shape index (κ1) is 15.0. The molecule has 0 aliphatic heterocycles. The molecule has 2 aromatic heterocycles. The molecule has 2 heterocycles. The monoisotopic (exact) mass is 307 g/mol. The highest BCUT2D eigenvalue weighted by Crippen LogP contribution is 2.12.